The van der Waals surface area contributed by atoms with Crippen LogP contribution in [0.25, 0.3) is 0 Å². The summed E-state index contributed by atoms with van der Waals surface area (Å²) in [6.45, 7) is 1.37. The highest BCUT2D eigenvalue weighted by molar-refractivity contribution is 5.87. The minimum absolute atomic E-state index is 0.0168. The van der Waals surface area contributed by atoms with E-state index in [0.717, 1.165) is 5.56 Å². The van der Waals surface area contributed by atoms with Crippen molar-refractivity contribution >= 4 is 17.8 Å². The zero-order valence-electron chi connectivity index (χ0n) is 15.9. The summed E-state index contributed by atoms with van der Waals surface area (Å²) in [6, 6.07) is 16.2. The first-order chi connectivity index (χ1) is 14.1. The van der Waals surface area contributed by atoms with Gasteiger partial charge in [-0.25, -0.2) is 0 Å². The number of hydrazine groups is 1. The van der Waals surface area contributed by atoms with Gasteiger partial charge in [-0.15, -0.1) is 0 Å². The standard InChI is InChI=1S/C21H22N2O6/c1-2-15(14-8-4-3-5-9-14)21(26)28-13-19(24)22-23-20(25)18-12-27-16-10-6-7-11-17(16)29-18/h3-11,15,18H,2,12-13H2,1H3,(H,22,24)(H,23,25)/t15-,18-/m0/s1. The monoisotopic (exact) mass is 398 g/mol. The predicted molar refractivity (Wildman–Crippen MR) is 103 cm³/mol. The molecule has 0 unspecified atom stereocenters. The average Bonchev–Trinajstić information content (AvgIpc) is 2.77. The number of amides is 2. The molecular weight excluding hydrogens is 376 g/mol. The summed E-state index contributed by atoms with van der Waals surface area (Å²) in [5.41, 5.74) is 5.27. The summed E-state index contributed by atoms with van der Waals surface area (Å²) in [4.78, 5) is 36.3. The molecule has 0 saturated carbocycles. The molecule has 0 radical (unpaired) electrons. The van der Waals surface area contributed by atoms with Gasteiger partial charge in [0.05, 0.1) is 5.92 Å². The van der Waals surface area contributed by atoms with Crippen molar-refractivity contribution in [2.45, 2.75) is 25.4 Å². The van der Waals surface area contributed by atoms with Crippen molar-refractivity contribution in [1.82, 2.24) is 10.9 Å². The van der Waals surface area contributed by atoms with Gasteiger partial charge in [-0.05, 0) is 24.1 Å². The number of para-hydroxylation sites is 2. The van der Waals surface area contributed by atoms with E-state index in [1.165, 1.54) is 0 Å². The van der Waals surface area contributed by atoms with Gasteiger partial charge < -0.3 is 14.2 Å². The summed E-state index contributed by atoms with van der Waals surface area (Å²) in [6.07, 6.45) is -0.364. The van der Waals surface area contributed by atoms with Gasteiger partial charge in [-0.1, -0.05) is 49.4 Å². The highest BCUT2D eigenvalue weighted by atomic mass is 16.6. The zero-order valence-corrected chi connectivity index (χ0v) is 15.9. The van der Waals surface area contributed by atoms with Crippen LogP contribution in [0.4, 0.5) is 0 Å². The first kappa shape index (κ1) is 20.2. The minimum atomic E-state index is -0.907. The Labute approximate surface area is 168 Å². The summed E-state index contributed by atoms with van der Waals surface area (Å²) in [5.74, 6) is -1.18. The second-order valence-electron chi connectivity index (χ2n) is 6.38. The summed E-state index contributed by atoms with van der Waals surface area (Å²) in [5, 5.41) is 0. The Morgan fingerprint density at radius 2 is 1.72 bits per heavy atom. The van der Waals surface area contributed by atoms with Crippen LogP contribution < -0.4 is 20.3 Å². The number of carbonyl (C=O) groups is 3. The molecule has 29 heavy (non-hydrogen) atoms. The number of hydrogen-bond acceptors (Lipinski definition) is 6. The molecular formula is C21H22N2O6. The fraction of sp³-hybridized carbons (Fsp3) is 0.286. The molecule has 8 nitrogen and oxygen atoms in total. The molecule has 2 N–H and O–H groups in total. The molecule has 3 rings (SSSR count). The van der Waals surface area contributed by atoms with E-state index in [2.05, 4.69) is 10.9 Å². The molecule has 0 aromatic heterocycles. The molecule has 2 aromatic rings. The van der Waals surface area contributed by atoms with Crippen molar-refractivity contribution in [3.05, 3.63) is 60.2 Å². The van der Waals surface area contributed by atoms with Crippen molar-refractivity contribution in [3.63, 3.8) is 0 Å². The Morgan fingerprint density at radius 3 is 2.45 bits per heavy atom. The van der Waals surface area contributed by atoms with Gasteiger partial charge in [0.25, 0.3) is 11.8 Å². The van der Waals surface area contributed by atoms with Crippen molar-refractivity contribution < 1.29 is 28.6 Å². The number of esters is 1. The maximum atomic E-state index is 12.3. The molecule has 0 aliphatic carbocycles. The summed E-state index contributed by atoms with van der Waals surface area (Å²) >= 11 is 0. The number of fused-ring (bicyclic) bond motifs is 1. The van der Waals surface area contributed by atoms with Crippen LogP contribution >= 0.6 is 0 Å². The third-order valence-corrected chi connectivity index (χ3v) is 4.37. The highest BCUT2D eigenvalue weighted by Gasteiger charge is 2.27. The van der Waals surface area contributed by atoms with Gasteiger partial charge in [-0.3, -0.25) is 25.2 Å². The van der Waals surface area contributed by atoms with E-state index >= 15 is 0 Å². The molecule has 0 saturated heterocycles. The molecule has 8 heteroatoms. The van der Waals surface area contributed by atoms with E-state index in [1.54, 1.807) is 24.3 Å². The molecule has 152 valence electrons. The molecule has 0 bridgehead atoms. The van der Waals surface area contributed by atoms with E-state index in [-0.39, 0.29) is 6.61 Å². The number of ether oxygens (including phenoxy) is 3. The van der Waals surface area contributed by atoms with Crippen molar-refractivity contribution in [2.24, 2.45) is 0 Å². The minimum Gasteiger partial charge on any atom is -0.485 e. The Balaban J connectivity index is 1.43. The normalized spacial score (nSPS) is 15.7. The zero-order chi connectivity index (χ0) is 20.6. The summed E-state index contributed by atoms with van der Waals surface area (Å²) < 4.78 is 16.1. The van der Waals surface area contributed by atoms with E-state index in [4.69, 9.17) is 14.2 Å². The first-order valence-corrected chi connectivity index (χ1v) is 9.27. The maximum absolute atomic E-state index is 12.3. The number of hydrogen-bond donors (Lipinski definition) is 2. The van der Waals surface area contributed by atoms with E-state index < -0.39 is 36.4 Å². The van der Waals surface area contributed by atoms with Crippen LogP contribution in [-0.4, -0.2) is 37.1 Å². The smallest absolute Gasteiger partial charge is 0.313 e. The highest BCUT2D eigenvalue weighted by Crippen LogP contribution is 2.30. The number of rotatable bonds is 6. The third kappa shape index (κ3) is 5.25. The van der Waals surface area contributed by atoms with Gasteiger partial charge >= 0.3 is 5.97 Å². The average molecular weight is 398 g/mol. The van der Waals surface area contributed by atoms with Gasteiger partial charge in [0.2, 0.25) is 6.10 Å². The lowest BCUT2D eigenvalue weighted by Crippen LogP contribution is -2.51. The van der Waals surface area contributed by atoms with E-state index in [0.29, 0.717) is 17.9 Å². The number of benzene rings is 2. The SMILES string of the molecule is CC[C@H](C(=O)OCC(=O)NNC(=O)[C@@H]1COc2ccccc2O1)c1ccccc1. The second-order valence-corrected chi connectivity index (χ2v) is 6.38. The molecule has 0 spiro atoms. The molecule has 1 aliphatic rings. The fourth-order valence-corrected chi connectivity index (χ4v) is 2.86. The van der Waals surface area contributed by atoms with Crippen LogP contribution in [0.2, 0.25) is 0 Å². The molecule has 2 atom stereocenters. The first-order valence-electron chi connectivity index (χ1n) is 9.27. The Bertz CT molecular complexity index is 870. The Hall–Kier alpha value is -3.55. The van der Waals surface area contributed by atoms with E-state index in [1.807, 2.05) is 37.3 Å². The van der Waals surface area contributed by atoms with Crippen molar-refractivity contribution in [2.75, 3.05) is 13.2 Å². The third-order valence-electron chi connectivity index (χ3n) is 4.37. The quantitative estimate of drug-likeness (QED) is 0.567. The van der Waals surface area contributed by atoms with Crippen LogP contribution in [0.15, 0.2) is 54.6 Å². The largest absolute Gasteiger partial charge is 0.485 e. The molecule has 1 heterocycles. The van der Waals surface area contributed by atoms with Gasteiger partial charge in [0.15, 0.2) is 18.1 Å². The van der Waals surface area contributed by atoms with Crippen molar-refractivity contribution in [3.8, 4) is 11.5 Å². The predicted octanol–water partition coefficient (Wildman–Crippen LogP) is 1.71. The lowest BCUT2D eigenvalue weighted by Gasteiger charge is -2.25. The topological polar surface area (TPSA) is 103 Å². The fourth-order valence-electron chi connectivity index (χ4n) is 2.86. The van der Waals surface area contributed by atoms with Gasteiger partial charge in [0.1, 0.15) is 6.61 Å². The molecule has 0 fully saturated rings. The number of nitrogens with one attached hydrogen (secondary N) is 2. The molecule has 1 aliphatic heterocycles. The van der Waals surface area contributed by atoms with Crippen LogP contribution in [0, 0.1) is 0 Å². The Kier molecular flexibility index (Phi) is 6.67. The maximum Gasteiger partial charge on any atom is 0.313 e. The Morgan fingerprint density at radius 1 is 1.03 bits per heavy atom. The van der Waals surface area contributed by atoms with Crippen LogP contribution in [0.5, 0.6) is 11.5 Å². The van der Waals surface area contributed by atoms with E-state index in [9.17, 15) is 14.4 Å². The van der Waals surface area contributed by atoms with Crippen LogP contribution in [0.3, 0.4) is 0 Å². The lowest BCUT2D eigenvalue weighted by atomic mass is 9.97. The van der Waals surface area contributed by atoms with Crippen molar-refractivity contribution in [1.29, 1.82) is 0 Å². The van der Waals surface area contributed by atoms with Gasteiger partial charge in [-0.2, -0.15) is 0 Å². The summed E-state index contributed by atoms with van der Waals surface area (Å²) in [7, 11) is 0. The lowest BCUT2D eigenvalue weighted by molar-refractivity contribution is -0.150. The molecule has 2 aromatic carbocycles. The number of carbonyl (C=O) groups excluding carboxylic acids is 3. The van der Waals surface area contributed by atoms with Crippen LogP contribution in [0.1, 0.15) is 24.8 Å². The van der Waals surface area contributed by atoms with Gasteiger partial charge in [0, 0.05) is 0 Å². The molecule has 2 amide bonds. The van der Waals surface area contributed by atoms with Crippen LogP contribution in [-0.2, 0) is 19.1 Å². The second kappa shape index (κ2) is 9.59.